The Kier molecular flexibility index (Phi) is 5.32. The predicted molar refractivity (Wildman–Crippen MR) is 30.3 cm³/mol. The Labute approximate surface area is 42.1 Å². The summed E-state index contributed by atoms with van der Waals surface area (Å²) in [5.41, 5.74) is 0.767. The van der Waals surface area contributed by atoms with E-state index in [2.05, 4.69) is 0 Å². The van der Waals surface area contributed by atoms with Crippen molar-refractivity contribution < 1.29 is 4.12 Å². The molecule has 0 aliphatic heterocycles. The van der Waals surface area contributed by atoms with Crippen LogP contribution in [0.25, 0.3) is 0 Å². The van der Waals surface area contributed by atoms with Gasteiger partial charge in [0, 0.05) is 5.50 Å². The number of halogens is 1. The Balaban J connectivity index is 2.19. The third kappa shape index (κ3) is 4.68. The highest BCUT2D eigenvalue weighted by molar-refractivity contribution is 6.48. The molecule has 0 fully saturated rings. The normalized spacial score (nSPS) is 11.4. The molecule has 0 aromatic rings. The first-order valence-electron chi connectivity index (χ1n) is 1.46. The summed E-state index contributed by atoms with van der Waals surface area (Å²) in [6.45, 7) is 0. The van der Waals surface area contributed by atoms with E-state index in [4.69, 9.17) is 15.7 Å². The van der Waals surface area contributed by atoms with Crippen molar-refractivity contribution in [3.8, 4) is 0 Å². The lowest BCUT2D eigenvalue weighted by Crippen LogP contribution is -1.94. The maximum Gasteiger partial charge on any atom is 0.160 e. The zero-order valence-electron chi connectivity index (χ0n) is 3.20. The SMILES string of the molecule is [SiH3]O[SiH2]CCl. The van der Waals surface area contributed by atoms with Gasteiger partial charge in [-0.2, -0.15) is 0 Å². The predicted octanol–water partition coefficient (Wildman–Crippen LogP) is -1.44. The molecule has 0 aromatic carbocycles. The lowest BCUT2D eigenvalue weighted by Gasteiger charge is -1.82. The highest BCUT2D eigenvalue weighted by atomic mass is 35.5. The Hall–Kier alpha value is 0.684. The van der Waals surface area contributed by atoms with Crippen molar-refractivity contribution in [3.63, 3.8) is 0 Å². The standard InChI is InChI=1S/CH7ClOSi2/c2-1-5-3-4/h1,5H2,4H3. The van der Waals surface area contributed by atoms with Gasteiger partial charge in [-0.3, -0.25) is 0 Å². The minimum Gasteiger partial charge on any atom is -0.467 e. The number of hydrogen-bond donors (Lipinski definition) is 0. The molecule has 32 valence electrons. The summed E-state index contributed by atoms with van der Waals surface area (Å²) in [5, 5.41) is 0. The zero-order chi connectivity index (χ0) is 4.12. The van der Waals surface area contributed by atoms with Crippen molar-refractivity contribution in [2.75, 3.05) is 5.50 Å². The van der Waals surface area contributed by atoms with Crippen LogP contribution in [0.4, 0.5) is 0 Å². The fourth-order valence-electron chi connectivity index (χ4n) is 0.0772. The van der Waals surface area contributed by atoms with Crippen molar-refractivity contribution in [1.29, 1.82) is 0 Å². The summed E-state index contributed by atoms with van der Waals surface area (Å²) in [6.07, 6.45) is 0. The first-order chi connectivity index (χ1) is 2.41. The van der Waals surface area contributed by atoms with Gasteiger partial charge in [-0.25, -0.2) is 0 Å². The van der Waals surface area contributed by atoms with Crippen LogP contribution in [0.2, 0.25) is 0 Å². The molecule has 0 aliphatic rings. The van der Waals surface area contributed by atoms with Crippen molar-refractivity contribution in [2.24, 2.45) is 0 Å². The van der Waals surface area contributed by atoms with Crippen LogP contribution in [0, 0.1) is 0 Å². The summed E-state index contributed by atoms with van der Waals surface area (Å²) in [5.74, 6) is 0. The van der Waals surface area contributed by atoms with Crippen LogP contribution in [0.3, 0.4) is 0 Å². The summed E-state index contributed by atoms with van der Waals surface area (Å²) >= 11 is 5.26. The molecule has 1 nitrogen and oxygen atoms in total. The molecule has 0 heterocycles. The highest BCUT2D eigenvalue weighted by Crippen LogP contribution is 1.66. The molecule has 0 saturated heterocycles. The number of hydrogen-bond acceptors (Lipinski definition) is 1. The molecule has 0 saturated carbocycles. The quantitative estimate of drug-likeness (QED) is 0.326. The fraction of sp³-hybridized carbons (Fsp3) is 1.00. The molecule has 0 rings (SSSR count). The van der Waals surface area contributed by atoms with E-state index in [1.807, 2.05) is 0 Å². The molecule has 5 heavy (non-hydrogen) atoms. The first kappa shape index (κ1) is 5.68. The maximum atomic E-state index is 5.26. The molecule has 0 amide bonds. The zero-order valence-corrected chi connectivity index (χ0v) is 7.37. The van der Waals surface area contributed by atoms with E-state index in [1.165, 1.54) is 0 Å². The van der Waals surface area contributed by atoms with E-state index in [0.29, 0.717) is 0 Å². The van der Waals surface area contributed by atoms with Crippen LogP contribution in [0.5, 0.6) is 0 Å². The van der Waals surface area contributed by atoms with Gasteiger partial charge in [0.05, 0.1) is 0 Å². The lowest BCUT2D eigenvalue weighted by molar-refractivity contribution is 0.669. The van der Waals surface area contributed by atoms with Crippen molar-refractivity contribution in [3.05, 3.63) is 0 Å². The minimum atomic E-state index is -0.241. The summed E-state index contributed by atoms with van der Waals surface area (Å²) in [6, 6.07) is 0. The average molecular weight is 127 g/mol. The van der Waals surface area contributed by atoms with Crippen molar-refractivity contribution >= 4 is 31.9 Å². The summed E-state index contributed by atoms with van der Waals surface area (Å²) in [4.78, 5) is 0. The van der Waals surface area contributed by atoms with E-state index in [-0.39, 0.29) is 9.76 Å². The molecule has 0 spiro atoms. The lowest BCUT2D eigenvalue weighted by atomic mass is 11.9. The van der Waals surface area contributed by atoms with E-state index < -0.39 is 0 Å². The molecule has 0 aliphatic carbocycles. The molecule has 0 bridgehead atoms. The van der Waals surface area contributed by atoms with E-state index in [9.17, 15) is 0 Å². The monoisotopic (exact) mass is 126 g/mol. The van der Waals surface area contributed by atoms with Gasteiger partial charge >= 0.3 is 0 Å². The Morgan fingerprint density at radius 3 is 2.60 bits per heavy atom. The van der Waals surface area contributed by atoms with Gasteiger partial charge in [0.2, 0.25) is 0 Å². The smallest absolute Gasteiger partial charge is 0.160 e. The van der Waals surface area contributed by atoms with Crippen LogP contribution >= 0.6 is 11.6 Å². The Morgan fingerprint density at radius 2 is 2.60 bits per heavy atom. The molecule has 0 aromatic heterocycles. The maximum absolute atomic E-state index is 5.26. The molecule has 0 atom stereocenters. The minimum absolute atomic E-state index is 0.241. The Morgan fingerprint density at radius 1 is 2.00 bits per heavy atom. The van der Waals surface area contributed by atoms with Crippen molar-refractivity contribution in [1.82, 2.24) is 0 Å². The molecular weight excluding hydrogens is 120 g/mol. The first-order valence-corrected chi connectivity index (χ1v) is 4.39. The second-order valence-electron chi connectivity index (χ2n) is 0.682. The van der Waals surface area contributed by atoms with E-state index in [1.54, 1.807) is 0 Å². The second kappa shape index (κ2) is 4.68. The molecule has 0 radical (unpaired) electrons. The van der Waals surface area contributed by atoms with Gasteiger partial charge in [-0.15, -0.1) is 11.6 Å². The van der Waals surface area contributed by atoms with E-state index >= 15 is 0 Å². The Bertz CT molecular complexity index is 17.1. The number of rotatable bonds is 2. The van der Waals surface area contributed by atoms with Gasteiger partial charge in [0.15, 0.2) is 9.76 Å². The molecule has 0 unspecified atom stereocenters. The highest BCUT2D eigenvalue weighted by Gasteiger charge is 1.70. The van der Waals surface area contributed by atoms with Gasteiger partial charge in [-0.1, -0.05) is 0 Å². The van der Waals surface area contributed by atoms with E-state index in [0.717, 1.165) is 16.0 Å². The second-order valence-corrected chi connectivity index (χ2v) is 4.91. The van der Waals surface area contributed by atoms with Gasteiger partial charge in [0.25, 0.3) is 0 Å². The van der Waals surface area contributed by atoms with Gasteiger partial charge in [-0.05, 0) is 0 Å². The third-order valence-corrected chi connectivity index (χ3v) is 2.53. The topological polar surface area (TPSA) is 9.23 Å². The molecule has 4 heteroatoms. The number of alkyl halides is 1. The van der Waals surface area contributed by atoms with Crippen LogP contribution in [-0.4, -0.2) is 25.8 Å². The van der Waals surface area contributed by atoms with Gasteiger partial charge in [0.1, 0.15) is 10.5 Å². The molecular formula is CH7ClOSi2. The summed E-state index contributed by atoms with van der Waals surface area (Å²) < 4.78 is 4.84. The van der Waals surface area contributed by atoms with Crippen LogP contribution < -0.4 is 0 Å². The van der Waals surface area contributed by atoms with Crippen LogP contribution in [0.15, 0.2) is 0 Å². The largest absolute Gasteiger partial charge is 0.467 e. The fourth-order valence-corrected chi connectivity index (χ4v) is 2.08. The molecule has 0 N–H and O–H groups in total. The summed E-state index contributed by atoms with van der Waals surface area (Å²) in [7, 11) is 0.635. The van der Waals surface area contributed by atoms with Crippen LogP contribution in [0.1, 0.15) is 0 Å². The van der Waals surface area contributed by atoms with Crippen molar-refractivity contribution in [2.45, 2.75) is 0 Å². The average Bonchev–Trinajstić information content (AvgIpc) is 1.41. The van der Waals surface area contributed by atoms with Crippen LogP contribution in [-0.2, 0) is 4.12 Å². The van der Waals surface area contributed by atoms with Gasteiger partial charge < -0.3 is 4.12 Å². The third-order valence-electron chi connectivity index (χ3n) is 0.281.